The molecule has 0 radical (unpaired) electrons. The van der Waals surface area contributed by atoms with Gasteiger partial charge in [0.05, 0.1) is 30.6 Å². The van der Waals surface area contributed by atoms with Gasteiger partial charge in [0.1, 0.15) is 11.6 Å². The van der Waals surface area contributed by atoms with Crippen molar-refractivity contribution in [1.29, 1.82) is 0 Å². The van der Waals surface area contributed by atoms with Gasteiger partial charge in [-0.05, 0) is 39.5 Å². The van der Waals surface area contributed by atoms with Crippen LogP contribution in [0.4, 0.5) is 0 Å². The molecule has 0 saturated carbocycles. The molecule has 9 heteroatoms. The first-order valence-electron chi connectivity index (χ1n) is 11.8. The number of hydrogen-bond acceptors (Lipinski definition) is 5. The number of fused-ring (bicyclic) bond motifs is 1. The minimum absolute atomic E-state index is 0.0200. The smallest absolute Gasteiger partial charge is 0.246 e. The van der Waals surface area contributed by atoms with Crippen molar-refractivity contribution in [3.8, 4) is 0 Å². The van der Waals surface area contributed by atoms with Gasteiger partial charge in [-0.3, -0.25) is 14.4 Å². The predicted octanol–water partition coefficient (Wildman–Crippen LogP) is 1.58. The van der Waals surface area contributed by atoms with Crippen LogP contribution in [0, 0.1) is 17.8 Å². The van der Waals surface area contributed by atoms with Gasteiger partial charge in [-0.15, -0.1) is 0 Å². The average molecular weight is 516 g/mol. The van der Waals surface area contributed by atoms with Gasteiger partial charge in [-0.2, -0.15) is 0 Å². The highest BCUT2D eigenvalue weighted by Gasteiger charge is 2.77. The normalized spacial score (nSPS) is 35.6. The lowest BCUT2D eigenvalue weighted by molar-refractivity contribution is -0.147. The zero-order valence-electron chi connectivity index (χ0n) is 20.0. The van der Waals surface area contributed by atoms with Gasteiger partial charge in [-0.1, -0.05) is 43.1 Å². The minimum Gasteiger partial charge on any atom is -0.394 e. The number of aliphatic hydroxyl groups is 1. The number of rotatable bonds is 8. The van der Waals surface area contributed by atoms with Crippen molar-refractivity contribution in [2.24, 2.45) is 17.8 Å². The molecule has 1 spiro atoms. The van der Waals surface area contributed by atoms with Crippen LogP contribution in [0.1, 0.15) is 60.8 Å². The quantitative estimate of drug-likeness (QED) is 0.425. The highest BCUT2D eigenvalue weighted by molar-refractivity contribution is 9.09. The van der Waals surface area contributed by atoms with Crippen LogP contribution in [0.25, 0.3) is 0 Å². The molecule has 3 fully saturated rings. The molecule has 0 aliphatic carbocycles. The van der Waals surface area contributed by atoms with Crippen LogP contribution in [-0.4, -0.2) is 75.0 Å². The fourth-order valence-corrected chi connectivity index (χ4v) is 6.59. The number of carbonyl (C=O) groups excluding carboxylic acids is 3. The second-order valence-corrected chi connectivity index (χ2v) is 11.8. The largest absolute Gasteiger partial charge is 0.394 e. The summed E-state index contributed by atoms with van der Waals surface area (Å²) < 4.78 is 6.45. The van der Waals surface area contributed by atoms with E-state index in [9.17, 15) is 19.5 Å². The number of hydrogen-bond donors (Lipinski definition) is 3. The van der Waals surface area contributed by atoms with Crippen LogP contribution in [0.2, 0.25) is 0 Å². The minimum atomic E-state index is -1.10. The Bertz CT molecular complexity index is 756. The predicted molar refractivity (Wildman–Crippen MR) is 124 cm³/mol. The summed E-state index contributed by atoms with van der Waals surface area (Å²) in [6.07, 6.45) is 1.52. The molecular weight excluding hydrogens is 478 g/mol. The molecular formula is C23H38BrN3O5. The van der Waals surface area contributed by atoms with E-state index in [1.54, 1.807) is 4.90 Å². The monoisotopic (exact) mass is 515 g/mol. The summed E-state index contributed by atoms with van der Waals surface area (Å²) in [4.78, 5) is 42.1. The first kappa shape index (κ1) is 25.4. The van der Waals surface area contributed by atoms with E-state index in [2.05, 4.69) is 26.6 Å². The third-order valence-electron chi connectivity index (χ3n) is 7.17. The molecule has 3 heterocycles. The number of likely N-dealkylation sites (tertiary alicyclic amines) is 1. The maximum absolute atomic E-state index is 13.9. The molecule has 182 valence electrons. The topological polar surface area (TPSA) is 108 Å². The Morgan fingerprint density at radius 1 is 1.31 bits per heavy atom. The number of aliphatic hydroxyl groups excluding tert-OH is 1. The molecule has 3 amide bonds. The molecule has 0 aromatic heterocycles. The van der Waals surface area contributed by atoms with Crippen LogP contribution in [0.5, 0.6) is 0 Å². The Hall–Kier alpha value is -1.19. The van der Waals surface area contributed by atoms with Crippen LogP contribution in [0.3, 0.4) is 0 Å². The number of alkyl halides is 1. The van der Waals surface area contributed by atoms with E-state index < -0.39 is 41.2 Å². The summed E-state index contributed by atoms with van der Waals surface area (Å²) >= 11 is 3.66. The van der Waals surface area contributed by atoms with Gasteiger partial charge in [0.15, 0.2) is 0 Å². The van der Waals surface area contributed by atoms with Gasteiger partial charge in [0.2, 0.25) is 17.7 Å². The lowest BCUT2D eigenvalue weighted by Gasteiger charge is -2.40. The molecule has 3 aliphatic heterocycles. The van der Waals surface area contributed by atoms with Crippen molar-refractivity contribution in [3.63, 3.8) is 0 Å². The van der Waals surface area contributed by atoms with Gasteiger partial charge in [-0.25, -0.2) is 0 Å². The standard InChI is InChI=1S/C23H38BrN3O5/c1-7-9-25-19(29)15-16-21(31)27(14(11-28)12(3)8-2)18(20(30)26-22(4,5)6)23(16)10-13(24)17(15)32-23/h12-18,28H,7-11H2,1-6H3,(H,25,29)(H,26,30)/t12-,13?,14-,15+,16-,17+,18?,23?/m0/s1. The fraction of sp³-hybridized carbons (Fsp3) is 0.870. The number of amides is 3. The van der Waals surface area contributed by atoms with E-state index in [4.69, 9.17) is 4.74 Å². The van der Waals surface area contributed by atoms with E-state index in [0.29, 0.717) is 13.0 Å². The lowest BCUT2D eigenvalue weighted by atomic mass is 9.70. The van der Waals surface area contributed by atoms with Gasteiger partial charge in [0, 0.05) is 16.9 Å². The van der Waals surface area contributed by atoms with E-state index in [1.807, 2.05) is 41.5 Å². The number of halogens is 1. The first-order chi connectivity index (χ1) is 14.9. The molecule has 3 aliphatic rings. The van der Waals surface area contributed by atoms with E-state index in [0.717, 1.165) is 12.8 Å². The Labute approximate surface area is 199 Å². The van der Waals surface area contributed by atoms with Crippen LogP contribution < -0.4 is 10.6 Å². The SMILES string of the molecule is CCCNC(=O)[C@H]1[C@@H]2OC3(CC2Br)C(C(=O)NC(C)(C)C)N([C@@H](CO)[C@@H](C)CC)C(=O)[C@H]13. The van der Waals surface area contributed by atoms with E-state index >= 15 is 0 Å². The van der Waals surface area contributed by atoms with Gasteiger partial charge in [0.25, 0.3) is 0 Å². The summed E-state index contributed by atoms with van der Waals surface area (Å²) in [5.74, 6) is -2.21. The number of nitrogens with one attached hydrogen (secondary N) is 2. The summed E-state index contributed by atoms with van der Waals surface area (Å²) in [5, 5.41) is 16.2. The first-order valence-corrected chi connectivity index (χ1v) is 12.7. The second kappa shape index (κ2) is 9.22. The van der Waals surface area contributed by atoms with Crippen molar-refractivity contribution in [1.82, 2.24) is 15.5 Å². The third kappa shape index (κ3) is 4.09. The molecule has 2 bridgehead atoms. The number of ether oxygens (including phenoxy) is 1. The third-order valence-corrected chi connectivity index (χ3v) is 8.02. The molecule has 3 rings (SSSR count). The Kier molecular flexibility index (Phi) is 7.33. The van der Waals surface area contributed by atoms with Gasteiger partial charge < -0.3 is 25.4 Å². The molecule has 8 nitrogen and oxygen atoms in total. The molecule has 3 N–H and O–H groups in total. The lowest BCUT2D eigenvalue weighted by Crippen LogP contribution is -2.61. The molecule has 32 heavy (non-hydrogen) atoms. The van der Waals surface area contributed by atoms with Crippen molar-refractivity contribution >= 4 is 33.7 Å². The van der Waals surface area contributed by atoms with Gasteiger partial charge >= 0.3 is 0 Å². The second-order valence-electron chi connectivity index (χ2n) is 10.6. The Balaban J connectivity index is 2.09. The van der Waals surface area contributed by atoms with Crippen molar-refractivity contribution in [2.45, 2.75) is 95.0 Å². The number of carbonyl (C=O) groups is 3. The summed E-state index contributed by atoms with van der Waals surface area (Å²) in [6, 6.07) is -1.43. The average Bonchev–Trinajstić information content (AvgIpc) is 3.29. The van der Waals surface area contributed by atoms with E-state index in [-0.39, 0.29) is 35.1 Å². The molecule has 8 atom stereocenters. The maximum Gasteiger partial charge on any atom is 0.246 e. The fourth-order valence-electron chi connectivity index (χ4n) is 5.64. The van der Waals surface area contributed by atoms with Crippen LogP contribution >= 0.6 is 15.9 Å². The maximum atomic E-state index is 13.9. The summed E-state index contributed by atoms with van der Waals surface area (Å²) in [6.45, 7) is 11.9. The molecule has 0 aromatic rings. The summed E-state index contributed by atoms with van der Waals surface area (Å²) in [7, 11) is 0. The highest BCUT2D eigenvalue weighted by atomic mass is 79.9. The molecule has 3 saturated heterocycles. The number of nitrogens with zero attached hydrogens (tertiary/aromatic N) is 1. The van der Waals surface area contributed by atoms with Crippen LogP contribution in [0.15, 0.2) is 0 Å². The van der Waals surface area contributed by atoms with E-state index in [1.165, 1.54) is 0 Å². The van der Waals surface area contributed by atoms with Crippen molar-refractivity contribution < 1.29 is 24.2 Å². The highest BCUT2D eigenvalue weighted by Crippen LogP contribution is 2.60. The molecule has 3 unspecified atom stereocenters. The molecule has 0 aromatic carbocycles. The van der Waals surface area contributed by atoms with Crippen molar-refractivity contribution in [3.05, 3.63) is 0 Å². The Morgan fingerprint density at radius 3 is 2.50 bits per heavy atom. The summed E-state index contributed by atoms with van der Waals surface area (Å²) in [5.41, 5.74) is -1.60. The Morgan fingerprint density at radius 2 is 1.97 bits per heavy atom. The zero-order valence-corrected chi connectivity index (χ0v) is 21.6. The van der Waals surface area contributed by atoms with Crippen LogP contribution in [-0.2, 0) is 19.1 Å². The zero-order chi connectivity index (χ0) is 24.0. The van der Waals surface area contributed by atoms with Crippen molar-refractivity contribution in [2.75, 3.05) is 13.2 Å².